The number of phenols is 1. The van der Waals surface area contributed by atoms with E-state index in [1.165, 1.54) is 24.1 Å². The van der Waals surface area contributed by atoms with E-state index in [0.717, 1.165) is 6.42 Å². The van der Waals surface area contributed by atoms with E-state index in [1.807, 2.05) is 12.1 Å². The summed E-state index contributed by atoms with van der Waals surface area (Å²) < 4.78 is 0. The van der Waals surface area contributed by atoms with Crippen LogP contribution in [0.2, 0.25) is 0 Å². The van der Waals surface area contributed by atoms with Crippen molar-refractivity contribution in [2.75, 3.05) is 13.6 Å². The fourth-order valence-corrected chi connectivity index (χ4v) is 3.82. The third-order valence-electron chi connectivity index (χ3n) is 5.27. The Morgan fingerprint density at radius 1 is 1.41 bits per heavy atom. The number of aromatic hydroxyl groups is 1. The van der Waals surface area contributed by atoms with Crippen LogP contribution in [0.3, 0.4) is 0 Å². The molecule has 1 aromatic rings. The zero-order valence-electron chi connectivity index (χ0n) is 10.9. The Labute approximate surface area is 103 Å². The van der Waals surface area contributed by atoms with E-state index >= 15 is 0 Å². The molecule has 1 heterocycles. The highest BCUT2D eigenvalue weighted by atomic mass is 16.3. The Kier molecular flexibility index (Phi) is 2.27. The topological polar surface area (TPSA) is 23.5 Å². The van der Waals surface area contributed by atoms with Crippen LogP contribution in [0, 0.1) is 5.92 Å². The predicted molar refractivity (Wildman–Crippen MR) is 69.4 cm³/mol. The second-order valence-corrected chi connectivity index (χ2v) is 6.05. The fourth-order valence-electron chi connectivity index (χ4n) is 3.82. The molecule has 2 aliphatic rings. The predicted octanol–water partition coefficient (Wildman–Crippen LogP) is 2.55. The van der Waals surface area contributed by atoms with Crippen molar-refractivity contribution in [1.82, 2.24) is 4.90 Å². The molecular formula is C15H21NO. The summed E-state index contributed by atoms with van der Waals surface area (Å²) in [6.45, 7) is 5.91. The molecule has 0 aromatic heterocycles. The van der Waals surface area contributed by atoms with Gasteiger partial charge in [-0.05, 0) is 61.0 Å². The van der Waals surface area contributed by atoms with Crippen LogP contribution in [-0.2, 0) is 11.8 Å². The summed E-state index contributed by atoms with van der Waals surface area (Å²) in [4.78, 5) is 2.50. The van der Waals surface area contributed by atoms with E-state index in [0.29, 0.717) is 17.7 Å². The molecule has 0 amide bonds. The highest BCUT2D eigenvalue weighted by molar-refractivity contribution is 5.44. The largest absolute Gasteiger partial charge is 0.508 e. The lowest BCUT2D eigenvalue weighted by atomic mass is 9.59. The molecule has 1 N–H and O–H groups in total. The zero-order valence-corrected chi connectivity index (χ0v) is 10.9. The van der Waals surface area contributed by atoms with Crippen LogP contribution in [0.1, 0.15) is 31.4 Å². The maximum Gasteiger partial charge on any atom is 0.115 e. The number of hydrogen-bond acceptors (Lipinski definition) is 2. The van der Waals surface area contributed by atoms with Gasteiger partial charge in [-0.1, -0.05) is 19.9 Å². The number of hydrogen-bond donors (Lipinski definition) is 1. The summed E-state index contributed by atoms with van der Waals surface area (Å²) >= 11 is 0. The summed E-state index contributed by atoms with van der Waals surface area (Å²) in [6, 6.07) is 6.59. The molecule has 1 aromatic carbocycles. The summed E-state index contributed by atoms with van der Waals surface area (Å²) in [7, 11) is 2.24. The first-order valence-electron chi connectivity index (χ1n) is 6.55. The molecule has 2 nitrogen and oxygen atoms in total. The van der Waals surface area contributed by atoms with Gasteiger partial charge in [0.1, 0.15) is 5.75 Å². The van der Waals surface area contributed by atoms with E-state index in [4.69, 9.17) is 0 Å². The molecule has 92 valence electrons. The molecule has 17 heavy (non-hydrogen) atoms. The van der Waals surface area contributed by atoms with Gasteiger partial charge in [0.2, 0.25) is 0 Å². The summed E-state index contributed by atoms with van der Waals surface area (Å²) in [6.07, 6.45) is 2.32. The normalized spacial score (nSPS) is 36.6. The Bertz CT molecular complexity index is 456. The number of likely N-dealkylation sites (N-methyl/N-ethyl adjacent to an activating group) is 1. The summed E-state index contributed by atoms with van der Waals surface area (Å²) in [5.41, 5.74) is 3.05. The number of piperidine rings is 1. The van der Waals surface area contributed by atoms with Crippen molar-refractivity contribution in [1.29, 1.82) is 0 Å². The van der Waals surface area contributed by atoms with Crippen LogP contribution in [-0.4, -0.2) is 29.6 Å². The lowest BCUT2D eigenvalue weighted by molar-refractivity contribution is 0.0506. The average molecular weight is 231 g/mol. The number of rotatable bonds is 0. The molecule has 2 bridgehead atoms. The Morgan fingerprint density at radius 2 is 2.18 bits per heavy atom. The first kappa shape index (κ1) is 11.1. The highest BCUT2D eigenvalue weighted by Gasteiger charge is 2.47. The van der Waals surface area contributed by atoms with Gasteiger partial charge >= 0.3 is 0 Å². The number of benzene rings is 1. The van der Waals surface area contributed by atoms with Gasteiger partial charge in [0.25, 0.3) is 0 Å². The summed E-state index contributed by atoms with van der Waals surface area (Å²) in [5.74, 6) is 1.07. The van der Waals surface area contributed by atoms with Gasteiger partial charge in [-0.2, -0.15) is 0 Å². The molecule has 1 saturated heterocycles. The summed E-state index contributed by atoms with van der Waals surface area (Å²) in [5, 5.41) is 9.73. The number of fused-ring (bicyclic) bond motifs is 4. The minimum Gasteiger partial charge on any atom is -0.508 e. The van der Waals surface area contributed by atoms with Gasteiger partial charge in [-0.25, -0.2) is 0 Å². The maximum absolute atomic E-state index is 9.73. The molecule has 0 radical (unpaired) electrons. The maximum atomic E-state index is 9.73. The number of likely N-dealkylation sites (tertiary alicyclic amines) is 1. The van der Waals surface area contributed by atoms with Crippen molar-refractivity contribution in [3.8, 4) is 5.75 Å². The molecule has 2 heteroatoms. The molecular weight excluding hydrogens is 210 g/mol. The lowest BCUT2D eigenvalue weighted by Gasteiger charge is -2.53. The van der Waals surface area contributed by atoms with Crippen LogP contribution in [0.4, 0.5) is 0 Å². The molecule has 0 spiro atoms. The van der Waals surface area contributed by atoms with Crippen molar-refractivity contribution in [2.45, 2.75) is 38.1 Å². The molecule has 3 rings (SSSR count). The molecule has 3 atom stereocenters. The van der Waals surface area contributed by atoms with Crippen LogP contribution in [0.25, 0.3) is 0 Å². The third kappa shape index (κ3) is 1.43. The second kappa shape index (κ2) is 3.49. The van der Waals surface area contributed by atoms with Crippen molar-refractivity contribution >= 4 is 0 Å². The van der Waals surface area contributed by atoms with E-state index in [-0.39, 0.29) is 5.41 Å². The molecule has 1 unspecified atom stereocenters. The fraction of sp³-hybridized carbons (Fsp3) is 0.600. The van der Waals surface area contributed by atoms with Crippen molar-refractivity contribution in [2.24, 2.45) is 5.92 Å². The van der Waals surface area contributed by atoms with Gasteiger partial charge in [0.15, 0.2) is 0 Å². The molecule has 1 aliphatic carbocycles. The van der Waals surface area contributed by atoms with Gasteiger partial charge in [0, 0.05) is 6.04 Å². The van der Waals surface area contributed by atoms with E-state index in [2.05, 4.69) is 31.9 Å². The van der Waals surface area contributed by atoms with E-state index in [1.54, 1.807) is 0 Å². The van der Waals surface area contributed by atoms with Crippen LogP contribution in [0.15, 0.2) is 18.2 Å². The van der Waals surface area contributed by atoms with Gasteiger partial charge in [-0.3, -0.25) is 0 Å². The van der Waals surface area contributed by atoms with Gasteiger partial charge in [0.05, 0.1) is 0 Å². The van der Waals surface area contributed by atoms with Crippen molar-refractivity contribution in [3.63, 3.8) is 0 Å². The van der Waals surface area contributed by atoms with Crippen molar-refractivity contribution < 1.29 is 5.11 Å². The minimum atomic E-state index is 0.240. The Hall–Kier alpha value is -1.02. The average Bonchev–Trinajstić information content (AvgIpc) is 2.30. The monoisotopic (exact) mass is 231 g/mol. The van der Waals surface area contributed by atoms with Crippen LogP contribution < -0.4 is 0 Å². The Morgan fingerprint density at radius 3 is 2.94 bits per heavy atom. The van der Waals surface area contributed by atoms with Crippen molar-refractivity contribution in [3.05, 3.63) is 29.3 Å². The van der Waals surface area contributed by atoms with Gasteiger partial charge in [-0.15, -0.1) is 0 Å². The number of phenolic OH excluding ortho intramolecular Hbond substituents is 1. The Balaban J connectivity index is 2.16. The smallest absolute Gasteiger partial charge is 0.115 e. The van der Waals surface area contributed by atoms with Crippen LogP contribution in [0.5, 0.6) is 5.75 Å². The zero-order chi connectivity index (χ0) is 12.2. The van der Waals surface area contributed by atoms with E-state index in [9.17, 15) is 5.11 Å². The SMILES string of the molecule is C[C@H]1C2Cc3ccc(O)cc3[C@]1(C)CCN2C. The van der Waals surface area contributed by atoms with Gasteiger partial charge < -0.3 is 10.0 Å². The first-order valence-corrected chi connectivity index (χ1v) is 6.55. The van der Waals surface area contributed by atoms with E-state index < -0.39 is 0 Å². The molecule has 0 saturated carbocycles. The third-order valence-corrected chi connectivity index (χ3v) is 5.27. The molecule has 1 aliphatic heterocycles. The quantitative estimate of drug-likeness (QED) is 0.741. The molecule has 1 fully saturated rings. The minimum absolute atomic E-state index is 0.240. The van der Waals surface area contributed by atoms with Crippen LogP contribution >= 0.6 is 0 Å². The first-order chi connectivity index (χ1) is 8.02. The standard InChI is InChI=1S/C15H21NO/c1-10-14-8-11-4-5-12(17)9-13(11)15(10,2)6-7-16(14)3/h4-5,9-10,14,17H,6-8H2,1-3H3/t10-,14?,15+/m0/s1. The second-order valence-electron chi connectivity index (χ2n) is 6.05. The highest BCUT2D eigenvalue weighted by Crippen LogP contribution is 2.48. The lowest BCUT2D eigenvalue weighted by Crippen LogP contribution is -2.56. The number of nitrogens with zero attached hydrogens (tertiary/aromatic N) is 1.